The van der Waals surface area contributed by atoms with Crippen LogP contribution in [0.5, 0.6) is 0 Å². The predicted molar refractivity (Wildman–Crippen MR) is 68.0 cm³/mol. The molecule has 1 fully saturated rings. The lowest BCUT2D eigenvalue weighted by Crippen LogP contribution is -2.28. The summed E-state index contributed by atoms with van der Waals surface area (Å²) in [5.74, 6) is 0.765. The van der Waals surface area contributed by atoms with Crippen LogP contribution >= 0.6 is 15.9 Å². The Labute approximate surface area is 105 Å². The van der Waals surface area contributed by atoms with Gasteiger partial charge in [0, 0.05) is 10.5 Å². The van der Waals surface area contributed by atoms with Crippen LogP contribution in [-0.4, -0.2) is 13.1 Å². The van der Waals surface area contributed by atoms with Gasteiger partial charge in [-0.25, -0.2) is 4.39 Å². The third-order valence-corrected chi connectivity index (χ3v) is 3.70. The van der Waals surface area contributed by atoms with Crippen molar-refractivity contribution in [3.05, 3.63) is 34.1 Å². The zero-order valence-electron chi connectivity index (χ0n) is 9.47. The lowest BCUT2D eigenvalue weighted by molar-refractivity contribution is 0.479. The Morgan fingerprint density at radius 2 is 2.25 bits per heavy atom. The number of nitrogens with one attached hydrogen (secondary N) is 1. The standard InChI is InChI=1S/C13H17BrFN/c1-16-12(6-9-2-3-9)7-10-4-5-11(14)8-13(10)15/h4-5,8-9,12,16H,2-3,6-7H2,1H3. The largest absolute Gasteiger partial charge is 0.317 e. The van der Waals surface area contributed by atoms with Crippen LogP contribution in [0, 0.1) is 11.7 Å². The molecule has 1 unspecified atom stereocenters. The predicted octanol–water partition coefficient (Wildman–Crippen LogP) is 3.52. The lowest BCUT2D eigenvalue weighted by Gasteiger charge is -2.16. The fourth-order valence-corrected chi connectivity index (χ4v) is 2.35. The highest BCUT2D eigenvalue weighted by molar-refractivity contribution is 9.10. The van der Waals surface area contributed by atoms with Gasteiger partial charge in [-0.3, -0.25) is 0 Å². The van der Waals surface area contributed by atoms with Crippen LogP contribution in [-0.2, 0) is 6.42 Å². The summed E-state index contributed by atoms with van der Waals surface area (Å²) >= 11 is 3.27. The number of hydrogen-bond donors (Lipinski definition) is 1. The normalized spacial score (nSPS) is 17.4. The molecular weight excluding hydrogens is 269 g/mol. The Kier molecular flexibility index (Phi) is 3.98. The number of rotatable bonds is 5. The summed E-state index contributed by atoms with van der Waals surface area (Å²) in [6, 6.07) is 5.72. The summed E-state index contributed by atoms with van der Waals surface area (Å²) in [5.41, 5.74) is 0.809. The van der Waals surface area contributed by atoms with Crippen molar-refractivity contribution in [2.45, 2.75) is 31.7 Å². The Balaban J connectivity index is 1.99. The lowest BCUT2D eigenvalue weighted by atomic mass is 10.0. The van der Waals surface area contributed by atoms with Crippen molar-refractivity contribution in [1.82, 2.24) is 5.32 Å². The minimum atomic E-state index is -0.106. The molecule has 0 aromatic heterocycles. The van der Waals surface area contributed by atoms with Gasteiger partial charge < -0.3 is 5.32 Å². The van der Waals surface area contributed by atoms with Gasteiger partial charge in [0.05, 0.1) is 0 Å². The van der Waals surface area contributed by atoms with E-state index in [-0.39, 0.29) is 5.82 Å². The first-order chi connectivity index (χ1) is 7.69. The number of likely N-dealkylation sites (N-methyl/N-ethyl adjacent to an activating group) is 1. The van der Waals surface area contributed by atoms with Gasteiger partial charge in [0.15, 0.2) is 0 Å². The molecule has 1 aliphatic rings. The van der Waals surface area contributed by atoms with E-state index in [4.69, 9.17) is 0 Å². The van der Waals surface area contributed by atoms with Crippen LogP contribution in [0.4, 0.5) is 4.39 Å². The Bertz CT molecular complexity index is 363. The number of hydrogen-bond acceptors (Lipinski definition) is 1. The van der Waals surface area contributed by atoms with E-state index in [1.807, 2.05) is 19.2 Å². The average molecular weight is 286 g/mol. The molecule has 1 nitrogen and oxygen atoms in total. The topological polar surface area (TPSA) is 12.0 Å². The summed E-state index contributed by atoms with van der Waals surface area (Å²) in [7, 11) is 1.96. The average Bonchev–Trinajstić information content (AvgIpc) is 3.04. The van der Waals surface area contributed by atoms with E-state index in [0.29, 0.717) is 6.04 Å². The summed E-state index contributed by atoms with van der Waals surface area (Å²) in [6.45, 7) is 0. The SMILES string of the molecule is CNC(Cc1ccc(Br)cc1F)CC1CC1. The van der Waals surface area contributed by atoms with Crippen LogP contribution in [0.3, 0.4) is 0 Å². The van der Waals surface area contributed by atoms with E-state index in [1.54, 1.807) is 6.07 Å². The molecule has 1 aromatic rings. The summed E-state index contributed by atoms with van der Waals surface area (Å²) in [4.78, 5) is 0. The van der Waals surface area contributed by atoms with Gasteiger partial charge in [-0.2, -0.15) is 0 Å². The van der Waals surface area contributed by atoms with Gasteiger partial charge in [-0.15, -0.1) is 0 Å². The van der Waals surface area contributed by atoms with Crippen molar-refractivity contribution in [3.63, 3.8) is 0 Å². The van der Waals surface area contributed by atoms with Crippen LogP contribution in [0.25, 0.3) is 0 Å². The minimum Gasteiger partial charge on any atom is -0.317 e. The molecule has 0 radical (unpaired) electrons. The Morgan fingerprint density at radius 1 is 1.50 bits per heavy atom. The molecule has 1 N–H and O–H groups in total. The molecule has 88 valence electrons. The molecule has 0 heterocycles. The number of benzene rings is 1. The molecule has 16 heavy (non-hydrogen) atoms. The molecule has 0 aliphatic heterocycles. The van der Waals surface area contributed by atoms with Gasteiger partial charge in [0.2, 0.25) is 0 Å². The van der Waals surface area contributed by atoms with Gasteiger partial charge >= 0.3 is 0 Å². The van der Waals surface area contributed by atoms with Gasteiger partial charge in [0.1, 0.15) is 5.82 Å². The molecule has 0 amide bonds. The summed E-state index contributed by atoms with van der Waals surface area (Å²) in [5, 5.41) is 3.29. The van der Waals surface area contributed by atoms with E-state index in [2.05, 4.69) is 21.2 Å². The van der Waals surface area contributed by atoms with Gasteiger partial charge in [-0.1, -0.05) is 34.8 Å². The summed E-state index contributed by atoms with van der Waals surface area (Å²) in [6.07, 6.45) is 4.65. The number of halogens is 2. The first kappa shape index (κ1) is 12.1. The molecule has 0 bridgehead atoms. The highest BCUT2D eigenvalue weighted by atomic mass is 79.9. The quantitative estimate of drug-likeness (QED) is 0.873. The highest BCUT2D eigenvalue weighted by Crippen LogP contribution is 2.34. The van der Waals surface area contributed by atoms with E-state index in [9.17, 15) is 4.39 Å². The van der Waals surface area contributed by atoms with Crippen molar-refractivity contribution < 1.29 is 4.39 Å². The molecule has 0 spiro atoms. The molecule has 3 heteroatoms. The van der Waals surface area contributed by atoms with Gasteiger partial charge in [-0.05, 0) is 43.5 Å². The Morgan fingerprint density at radius 3 is 2.81 bits per heavy atom. The van der Waals surface area contributed by atoms with Crippen LogP contribution in [0.1, 0.15) is 24.8 Å². The molecule has 1 saturated carbocycles. The molecule has 1 aliphatic carbocycles. The van der Waals surface area contributed by atoms with Crippen molar-refractivity contribution in [3.8, 4) is 0 Å². The maximum atomic E-state index is 13.6. The van der Waals surface area contributed by atoms with E-state index < -0.39 is 0 Å². The van der Waals surface area contributed by atoms with Gasteiger partial charge in [0.25, 0.3) is 0 Å². The van der Waals surface area contributed by atoms with Crippen LogP contribution < -0.4 is 5.32 Å². The second-order valence-electron chi connectivity index (χ2n) is 4.60. The zero-order chi connectivity index (χ0) is 11.5. The highest BCUT2D eigenvalue weighted by Gasteiger charge is 2.25. The van der Waals surface area contributed by atoms with Crippen LogP contribution in [0.15, 0.2) is 22.7 Å². The fraction of sp³-hybridized carbons (Fsp3) is 0.538. The Hall–Kier alpha value is -0.410. The minimum absolute atomic E-state index is 0.106. The molecule has 1 aromatic carbocycles. The third kappa shape index (κ3) is 3.29. The molecule has 1 atom stereocenters. The monoisotopic (exact) mass is 285 g/mol. The van der Waals surface area contributed by atoms with E-state index in [0.717, 1.165) is 22.4 Å². The van der Waals surface area contributed by atoms with E-state index in [1.165, 1.54) is 19.3 Å². The molecule has 0 saturated heterocycles. The van der Waals surface area contributed by atoms with Crippen molar-refractivity contribution >= 4 is 15.9 Å². The maximum Gasteiger partial charge on any atom is 0.127 e. The second kappa shape index (κ2) is 5.28. The van der Waals surface area contributed by atoms with Crippen molar-refractivity contribution in [1.29, 1.82) is 0 Å². The fourth-order valence-electron chi connectivity index (χ4n) is 2.01. The van der Waals surface area contributed by atoms with Crippen molar-refractivity contribution in [2.24, 2.45) is 5.92 Å². The first-order valence-corrected chi connectivity index (χ1v) is 6.59. The zero-order valence-corrected chi connectivity index (χ0v) is 11.1. The van der Waals surface area contributed by atoms with E-state index >= 15 is 0 Å². The van der Waals surface area contributed by atoms with Crippen molar-refractivity contribution in [2.75, 3.05) is 7.05 Å². The van der Waals surface area contributed by atoms with Crippen LogP contribution in [0.2, 0.25) is 0 Å². The third-order valence-electron chi connectivity index (χ3n) is 3.20. The second-order valence-corrected chi connectivity index (χ2v) is 5.52. The summed E-state index contributed by atoms with van der Waals surface area (Å²) < 4.78 is 14.4. The smallest absolute Gasteiger partial charge is 0.127 e. The maximum absolute atomic E-state index is 13.6. The molecular formula is C13H17BrFN. The molecule has 2 rings (SSSR count). The first-order valence-electron chi connectivity index (χ1n) is 5.80.